The Morgan fingerprint density at radius 1 is 1.21 bits per heavy atom. The summed E-state index contributed by atoms with van der Waals surface area (Å²) in [5.74, 6) is -0.198. The first kappa shape index (κ1) is 18.1. The maximum Gasteiger partial charge on any atom is 0.416 e. The van der Waals surface area contributed by atoms with Crippen LogP contribution >= 0.6 is 11.6 Å². The van der Waals surface area contributed by atoms with Gasteiger partial charge in [-0.1, -0.05) is 23.7 Å². The largest absolute Gasteiger partial charge is 0.484 e. The molecule has 1 N–H and O–H groups in total. The molecule has 0 aliphatic rings. The van der Waals surface area contributed by atoms with E-state index in [0.29, 0.717) is 5.02 Å². The third kappa shape index (κ3) is 5.16. The molecule has 128 valence electrons. The lowest BCUT2D eigenvalue weighted by molar-refractivity contribution is -0.137. The van der Waals surface area contributed by atoms with Crippen LogP contribution in [0.1, 0.15) is 24.1 Å². The molecule has 0 fully saturated rings. The molecule has 0 heterocycles. The molecule has 24 heavy (non-hydrogen) atoms. The van der Waals surface area contributed by atoms with E-state index in [4.69, 9.17) is 16.3 Å². The molecule has 7 heteroatoms. The van der Waals surface area contributed by atoms with Gasteiger partial charge in [-0.2, -0.15) is 13.2 Å². The molecule has 2 rings (SSSR count). The molecule has 0 saturated carbocycles. The van der Waals surface area contributed by atoms with Crippen LogP contribution in [-0.4, -0.2) is 12.5 Å². The normalized spacial score (nSPS) is 12.5. The number of amides is 1. The minimum atomic E-state index is -4.40. The van der Waals surface area contributed by atoms with Gasteiger partial charge in [0.2, 0.25) is 0 Å². The molecule has 0 radical (unpaired) electrons. The summed E-state index contributed by atoms with van der Waals surface area (Å²) < 4.78 is 42.5. The molecule has 2 aromatic carbocycles. The van der Waals surface area contributed by atoms with Gasteiger partial charge in [-0.3, -0.25) is 4.79 Å². The SMILES string of the molecule is CC(NC(=O)COc1ccc(C(F)(F)F)cc1)c1cccc(Cl)c1. The van der Waals surface area contributed by atoms with Gasteiger partial charge >= 0.3 is 6.18 Å². The molecule has 0 saturated heterocycles. The number of alkyl halides is 3. The summed E-state index contributed by atoms with van der Waals surface area (Å²) in [6, 6.07) is 11.0. The predicted molar refractivity (Wildman–Crippen MR) is 84.9 cm³/mol. The van der Waals surface area contributed by atoms with E-state index in [9.17, 15) is 18.0 Å². The van der Waals surface area contributed by atoms with Gasteiger partial charge in [0.05, 0.1) is 11.6 Å². The summed E-state index contributed by atoms with van der Waals surface area (Å²) in [6.45, 7) is 1.50. The molecule has 2 aromatic rings. The Balaban J connectivity index is 1.87. The molecule has 0 aliphatic heterocycles. The Kier molecular flexibility index (Phi) is 5.72. The van der Waals surface area contributed by atoms with Crippen molar-refractivity contribution in [2.45, 2.75) is 19.1 Å². The summed E-state index contributed by atoms with van der Waals surface area (Å²) >= 11 is 5.89. The zero-order valence-corrected chi connectivity index (χ0v) is 13.5. The fraction of sp³-hybridized carbons (Fsp3) is 0.235. The van der Waals surface area contributed by atoms with E-state index in [1.807, 2.05) is 6.07 Å². The van der Waals surface area contributed by atoms with Gasteiger partial charge in [-0.15, -0.1) is 0 Å². The number of carbonyl (C=O) groups is 1. The second kappa shape index (κ2) is 7.57. The van der Waals surface area contributed by atoms with E-state index in [1.165, 1.54) is 12.1 Å². The molecule has 0 aromatic heterocycles. The zero-order chi connectivity index (χ0) is 17.7. The second-order valence-electron chi connectivity index (χ2n) is 5.16. The fourth-order valence-corrected chi connectivity index (χ4v) is 2.23. The van der Waals surface area contributed by atoms with Gasteiger partial charge in [0.1, 0.15) is 5.75 Å². The summed E-state index contributed by atoms with van der Waals surface area (Å²) in [7, 11) is 0. The van der Waals surface area contributed by atoms with Crippen LogP contribution in [0.4, 0.5) is 13.2 Å². The highest BCUT2D eigenvalue weighted by Crippen LogP contribution is 2.30. The van der Waals surface area contributed by atoms with Gasteiger partial charge < -0.3 is 10.1 Å². The number of ether oxygens (including phenoxy) is 1. The Labute approximate surface area is 142 Å². The summed E-state index contributed by atoms with van der Waals surface area (Å²) in [4.78, 5) is 11.9. The number of carbonyl (C=O) groups excluding carboxylic acids is 1. The van der Waals surface area contributed by atoms with Gasteiger partial charge in [0.25, 0.3) is 5.91 Å². The minimum absolute atomic E-state index is 0.188. The van der Waals surface area contributed by atoms with Crippen LogP contribution in [0.5, 0.6) is 5.75 Å². The maximum absolute atomic E-state index is 12.5. The average molecular weight is 358 g/mol. The lowest BCUT2D eigenvalue weighted by atomic mass is 10.1. The lowest BCUT2D eigenvalue weighted by Crippen LogP contribution is -2.31. The molecule has 1 atom stereocenters. The summed E-state index contributed by atoms with van der Waals surface area (Å²) in [5.41, 5.74) is 0.0688. The highest BCUT2D eigenvalue weighted by Gasteiger charge is 2.30. The number of hydrogen-bond acceptors (Lipinski definition) is 2. The van der Waals surface area contributed by atoms with Crippen molar-refractivity contribution in [1.82, 2.24) is 5.32 Å². The first-order valence-corrected chi connectivity index (χ1v) is 7.48. The van der Waals surface area contributed by atoms with Crippen molar-refractivity contribution < 1.29 is 22.7 Å². The van der Waals surface area contributed by atoms with Crippen LogP contribution in [-0.2, 0) is 11.0 Å². The number of halogens is 4. The van der Waals surface area contributed by atoms with Gasteiger partial charge in [0, 0.05) is 5.02 Å². The van der Waals surface area contributed by atoms with Crippen LogP contribution in [0.3, 0.4) is 0 Å². The van der Waals surface area contributed by atoms with Crippen LogP contribution < -0.4 is 10.1 Å². The van der Waals surface area contributed by atoms with Crippen LogP contribution in [0, 0.1) is 0 Å². The van der Waals surface area contributed by atoms with Crippen molar-refractivity contribution in [2.24, 2.45) is 0 Å². The van der Waals surface area contributed by atoms with E-state index in [1.54, 1.807) is 25.1 Å². The average Bonchev–Trinajstić information content (AvgIpc) is 2.52. The highest BCUT2D eigenvalue weighted by molar-refractivity contribution is 6.30. The second-order valence-corrected chi connectivity index (χ2v) is 5.59. The number of hydrogen-bond donors (Lipinski definition) is 1. The molecular weight excluding hydrogens is 343 g/mol. The smallest absolute Gasteiger partial charge is 0.416 e. The van der Waals surface area contributed by atoms with Crippen molar-refractivity contribution in [3.63, 3.8) is 0 Å². The quantitative estimate of drug-likeness (QED) is 0.848. The zero-order valence-electron chi connectivity index (χ0n) is 12.7. The molecule has 0 spiro atoms. The Morgan fingerprint density at radius 3 is 2.46 bits per heavy atom. The topological polar surface area (TPSA) is 38.3 Å². The van der Waals surface area contributed by atoms with E-state index in [0.717, 1.165) is 17.7 Å². The molecule has 1 amide bonds. The summed E-state index contributed by atoms with van der Waals surface area (Å²) in [6.07, 6.45) is -4.40. The number of rotatable bonds is 5. The Bertz CT molecular complexity index is 702. The van der Waals surface area contributed by atoms with Crippen LogP contribution in [0.25, 0.3) is 0 Å². The third-order valence-electron chi connectivity index (χ3n) is 3.28. The van der Waals surface area contributed by atoms with Gasteiger partial charge in [-0.05, 0) is 48.9 Å². The van der Waals surface area contributed by atoms with Crippen molar-refractivity contribution in [1.29, 1.82) is 0 Å². The third-order valence-corrected chi connectivity index (χ3v) is 3.51. The van der Waals surface area contributed by atoms with Gasteiger partial charge in [0.15, 0.2) is 6.61 Å². The summed E-state index contributed by atoms with van der Waals surface area (Å²) in [5, 5.41) is 3.29. The fourth-order valence-electron chi connectivity index (χ4n) is 2.03. The lowest BCUT2D eigenvalue weighted by Gasteiger charge is -2.15. The molecule has 3 nitrogen and oxygen atoms in total. The van der Waals surface area contributed by atoms with Crippen LogP contribution in [0.15, 0.2) is 48.5 Å². The molecule has 0 bridgehead atoms. The molecule has 1 unspecified atom stereocenters. The van der Waals surface area contributed by atoms with Gasteiger partial charge in [-0.25, -0.2) is 0 Å². The van der Waals surface area contributed by atoms with Crippen LogP contribution in [0.2, 0.25) is 5.02 Å². The number of nitrogens with one attached hydrogen (secondary N) is 1. The van der Waals surface area contributed by atoms with E-state index in [-0.39, 0.29) is 24.3 Å². The van der Waals surface area contributed by atoms with Crippen molar-refractivity contribution in [3.8, 4) is 5.75 Å². The molecule has 0 aliphatic carbocycles. The maximum atomic E-state index is 12.5. The molecular formula is C17H15ClF3NO2. The minimum Gasteiger partial charge on any atom is -0.484 e. The predicted octanol–water partition coefficient (Wildman–Crippen LogP) is 4.62. The standard InChI is InChI=1S/C17H15ClF3NO2/c1-11(12-3-2-4-14(18)9-12)22-16(23)10-24-15-7-5-13(6-8-15)17(19,20)21/h2-9,11H,10H2,1H3,(H,22,23). The Hall–Kier alpha value is -2.21. The van der Waals surface area contributed by atoms with E-state index in [2.05, 4.69) is 5.32 Å². The first-order chi connectivity index (χ1) is 11.3. The van der Waals surface area contributed by atoms with Crippen molar-refractivity contribution in [2.75, 3.05) is 6.61 Å². The van der Waals surface area contributed by atoms with Crippen molar-refractivity contribution in [3.05, 3.63) is 64.7 Å². The monoisotopic (exact) mass is 357 g/mol. The first-order valence-electron chi connectivity index (χ1n) is 7.10. The van der Waals surface area contributed by atoms with E-state index < -0.39 is 11.7 Å². The van der Waals surface area contributed by atoms with E-state index >= 15 is 0 Å². The Morgan fingerprint density at radius 2 is 1.88 bits per heavy atom. The highest BCUT2D eigenvalue weighted by atomic mass is 35.5. The van der Waals surface area contributed by atoms with Crippen molar-refractivity contribution >= 4 is 17.5 Å². The number of benzene rings is 2.